The largest absolute Gasteiger partial charge is 0.484 e. The van der Waals surface area contributed by atoms with Gasteiger partial charge in [-0.25, -0.2) is 0 Å². The number of aryl methyl sites for hydroxylation is 1. The minimum Gasteiger partial charge on any atom is -0.484 e. The van der Waals surface area contributed by atoms with Gasteiger partial charge in [0.05, 0.1) is 0 Å². The maximum absolute atomic E-state index is 6.04. The normalized spacial score (nSPS) is 12.7. The topological polar surface area (TPSA) is 35.2 Å². The zero-order valence-electron chi connectivity index (χ0n) is 12.0. The lowest BCUT2D eigenvalue weighted by Gasteiger charge is -2.18. The second kappa shape index (κ2) is 6.74. The van der Waals surface area contributed by atoms with Crippen LogP contribution in [-0.2, 0) is 0 Å². The fourth-order valence-electron chi connectivity index (χ4n) is 2.25. The SMILES string of the molecule is Cc1cc(OC(CN)c2cc(Br)cs2)ccc1C(C)C. The molecule has 0 aliphatic rings. The third-order valence-electron chi connectivity index (χ3n) is 3.26. The molecule has 0 spiro atoms. The average molecular weight is 354 g/mol. The Labute approximate surface area is 133 Å². The van der Waals surface area contributed by atoms with Crippen LogP contribution in [0.25, 0.3) is 0 Å². The Morgan fingerprint density at radius 3 is 2.55 bits per heavy atom. The van der Waals surface area contributed by atoms with E-state index in [4.69, 9.17) is 10.5 Å². The van der Waals surface area contributed by atoms with Crippen molar-refractivity contribution in [1.82, 2.24) is 0 Å². The summed E-state index contributed by atoms with van der Waals surface area (Å²) >= 11 is 5.13. The molecule has 4 heteroatoms. The smallest absolute Gasteiger partial charge is 0.145 e. The molecule has 1 heterocycles. The summed E-state index contributed by atoms with van der Waals surface area (Å²) in [5.74, 6) is 1.41. The van der Waals surface area contributed by atoms with Gasteiger partial charge in [0.25, 0.3) is 0 Å². The molecule has 0 bridgehead atoms. The summed E-state index contributed by atoms with van der Waals surface area (Å²) in [4.78, 5) is 1.14. The second-order valence-corrected chi connectivity index (χ2v) is 7.04. The van der Waals surface area contributed by atoms with Gasteiger partial charge < -0.3 is 10.5 Å². The Hall–Kier alpha value is -0.840. The van der Waals surface area contributed by atoms with Crippen molar-refractivity contribution in [1.29, 1.82) is 0 Å². The zero-order chi connectivity index (χ0) is 14.7. The van der Waals surface area contributed by atoms with Gasteiger partial charge in [0.2, 0.25) is 0 Å². The molecular weight excluding hydrogens is 334 g/mol. The standard InChI is InChI=1S/C16H20BrNOS/c1-10(2)14-5-4-13(6-11(14)3)19-15(8-18)16-7-12(17)9-20-16/h4-7,9-10,15H,8,18H2,1-3H3. The molecule has 20 heavy (non-hydrogen) atoms. The summed E-state index contributed by atoms with van der Waals surface area (Å²) in [6.45, 7) is 7.00. The van der Waals surface area contributed by atoms with Gasteiger partial charge >= 0.3 is 0 Å². The van der Waals surface area contributed by atoms with Crippen molar-refractivity contribution >= 4 is 27.3 Å². The predicted octanol–water partition coefficient (Wildman–Crippen LogP) is 5.02. The van der Waals surface area contributed by atoms with E-state index in [1.165, 1.54) is 11.1 Å². The van der Waals surface area contributed by atoms with Gasteiger partial charge in [0.15, 0.2) is 0 Å². The number of benzene rings is 1. The molecule has 2 rings (SSSR count). The van der Waals surface area contributed by atoms with Crippen LogP contribution in [0.5, 0.6) is 5.75 Å². The third kappa shape index (κ3) is 3.62. The first-order chi connectivity index (χ1) is 9.51. The van der Waals surface area contributed by atoms with Gasteiger partial charge in [-0.3, -0.25) is 0 Å². The molecular formula is C16H20BrNOS. The van der Waals surface area contributed by atoms with Crippen molar-refractivity contribution < 1.29 is 4.74 Å². The molecule has 0 fully saturated rings. The minimum atomic E-state index is -0.0874. The Morgan fingerprint density at radius 2 is 2.05 bits per heavy atom. The molecule has 1 atom stereocenters. The highest BCUT2D eigenvalue weighted by molar-refractivity contribution is 9.10. The van der Waals surface area contributed by atoms with Crippen molar-refractivity contribution in [3.63, 3.8) is 0 Å². The molecule has 108 valence electrons. The second-order valence-electron chi connectivity index (χ2n) is 5.18. The molecule has 0 aliphatic heterocycles. The van der Waals surface area contributed by atoms with Crippen LogP contribution in [0.15, 0.2) is 34.1 Å². The highest BCUT2D eigenvalue weighted by atomic mass is 79.9. The van der Waals surface area contributed by atoms with E-state index in [2.05, 4.69) is 60.3 Å². The van der Waals surface area contributed by atoms with Crippen LogP contribution in [0, 0.1) is 6.92 Å². The van der Waals surface area contributed by atoms with E-state index in [0.717, 1.165) is 15.1 Å². The van der Waals surface area contributed by atoms with E-state index in [9.17, 15) is 0 Å². The number of hydrogen-bond acceptors (Lipinski definition) is 3. The lowest BCUT2D eigenvalue weighted by atomic mass is 9.98. The van der Waals surface area contributed by atoms with Crippen LogP contribution in [0.1, 0.15) is 41.9 Å². The van der Waals surface area contributed by atoms with Gasteiger partial charge in [-0.1, -0.05) is 19.9 Å². The molecule has 2 nitrogen and oxygen atoms in total. The van der Waals surface area contributed by atoms with E-state index < -0.39 is 0 Å². The first-order valence-electron chi connectivity index (χ1n) is 6.72. The summed E-state index contributed by atoms with van der Waals surface area (Å²) in [7, 11) is 0. The highest BCUT2D eigenvalue weighted by Gasteiger charge is 2.14. The van der Waals surface area contributed by atoms with E-state index in [1.54, 1.807) is 11.3 Å². The number of hydrogen-bond donors (Lipinski definition) is 1. The summed E-state index contributed by atoms with van der Waals surface area (Å²) < 4.78 is 7.12. The van der Waals surface area contributed by atoms with E-state index >= 15 is 0 Å². The summed E-state index contributed by atoms with van der Waals surface area (Å²) in [5.41, 5.74) is 8.47. The molecule has 0 saturated carbocycles. The van der Waals surface area contributed by atoms with Crippen LogP contribution in [0.4, 0.5) is 0 Å². The summed E-state index contributed by atoms with van der Waals surface area (Å²) in [6, 6.07) is 8.35. The molecule has 0 radical (unpaired) electrons. The van der Waals surface area contributed by atoms with Crippen molar-refractivity contribution in [2.24, 2.45) is 5.73 Å². The highest BCUT2D eigenvalue weighted by Crippen LogP contribution is 2.30. The van der Waals surface area contributed by atoms with Crippen LogP contribution in [0.3, 0.4) is 0 Å². The maximum atomic E-state index is 6.04. The number of thiophene rings is 1. The lowest BCUT2D eigenvalue weighted by molar-refractivity contribution is 0.218. The molecule has 1 unspecified atom stereocenters. The fourth-order valence-corrected chi connectivity index (χ4v) is 3.74. The average Bonchev–Trinajstić information content (AvgIpc) is 2.82. The first kappa shape index (κ1) is 15.5. The van der Waals surface area contributed by atoms with E-state index in [0.29, 0.717) is 12.5 Å². The number of halogens is 1. The molecule has 1 aromatic heterocycles. The Kier molecular flexibility index (Phi) is 5.24. The van der Waals surface area contributed by atoms with Gasteiger partial charge in [0.1, 0.15) is 11.9 Å². The lowest BCUT2D eigenvalue weighted by Crippen LogP contribution is -2.17. The molecule has 1 aromatic carbocycles. The monoisotopic (exact) mass is 353 g/mol. The fraction of sp³-hybridized carbons (Fsp3) is 0.375. The van der Waals surface area contributed by atoms with Gasteiger partial charge in [0, 0.05) is 21.3 Å². The number of rotatable bonds is 5. The first-order valence-corrected chi connectivity index (χ1v) is 8.39. The van der Waals surface area contributed by atoms with Crippen LogP contribution >= 0.6 is 27.3 Å². The van der Waals surface area contributed by atoms with Crippen LogP contribution < -0.4 is 10.5 Å². The number of ether oxygens (including phenoxy) is 1. The van der Waals surface area contributed by atoms with Crippen molar-refractivity contribution in [3.05, 3.63) is 50.1 Å². The van der Waals surface area contributed by atoms with E-state index in [1.807, 2.05) is 6.07 Å². The van der Waals surface area contributed by atoms with Crippen molar-refractivity contribution in [2.45, 2.75) is 32.8 Å². The van der Waals surface area contributed by atoms with Gasteiger partial charge in [-0.2, -0.15) is 0 Å². The summed E-state index contributed by atoms with van der Waals surface area (Å²) in [6.07, 6.45) is -0.0874. The Morgan fingerprint density at radius 1 is 1.30 bits per heavy atom. The molecule has 2 N–H and O–H groups in total. The predicted molar refractivity (Wildman–Crippen MR) is 89.7 cm³/mol. The molecule has 0 saturated heterocycles. The molecule has 0 amide bonds. The zero-order valence-corrected chi connectivity index (χ0v) is 14.4. The van der Waals surface area contributed by atoms with Gasteiger partial charge in [-0.05, 0) is 58.1 Å². The maximum Gasteiger partial charge on any atom is 0.145 e. The Bertz CT molecular complexity index is 580. The third-order valence-corrected chi connectivity index (χ3v) is 5.05. The minimum absolute atomic E-state index is 0.0874. The quantitative estimate of drug-likeness (QED) is 0.818. The van der Waals surface area contributed by atoms with Crippen LogP contribution in [-0.4, -0.2) is 6.54 Å². The Balaban J connectivity index is 2.18. The molecule has 0 aliphatic carbocycles. The van der Waals surface area contributed by atoms with Crippen LogP contribution in [0.2, 0.25) is 0 Å². The van der Waals surface area contributed by atoms with Crippen molar-refractivity contribution in [2.75, 3.05) is 6.54 Å². The van der Waals surface area contributed by atoms with E-state index in [-0.39, 0.29) is 6.10 Å². The summed E-state index contributed by atoms with van der Waals surface area (Å²) in [5, 5.41) is 2.05. The van der Waals surface area contributed by atoms with Gasteiger partial charge in [-0.15, -0.1) is 11.3 Å². The number of nitrogens with two attached hydrogens (primary N) is 1. The molecule has 2 aromatic rings. The van der Waals surface area contributed by atoms with Crippen molar-refractivity contribution in [3.8, 4) is 5.75 Å².